The Morgan fingerprint density at radius 1 is 1.24 bits per heavy atom. The molecule has 9 heteroatoms. The SMILES string of the molecule is [C-]#[N+]c1c(-c2c(-c3cc(C(F)F)c4c(=O)[nH]nc(CC)c4c3)cnn2C)sc2ccccc12. The normalized spacial score (nSPS) is 11.5. The zero-order valence-corrected chi connectivity index (χ0v) is 18.5. The van der Waals surface area contributed by atoms with E-state index >= 15 is 0 Å². The van der Waals surface area contributed by atoms with E-state index in [1.165, 1.54) is 17.4 Å². The fourth-order valence-electron chi connectivity index (χ4n) is 4.20. The highest BCUT2D eigenvalue weighted by Gasteiger charge is 2.24. The van der Waals surface area contributed by atoms with Crippen LogP contribution < -0.4 is 5.56 Å². The van der Waals surface area contributed by atoms with Crippen molar-refractivity contribution in [3.05, 3.63) is 75.6 Å². The molecule has 6 nitrogen and oxygen atoms in total. The first-order chi connectivity index (χ1) is 15.9. The summed E-state index contributed by atoms with van der Waals surface area (Å²) in [6.07, 6.45) is -0.767. The van der Waals surface area contributed by atoms with Crippen molar-refractivity contribution in [3.8, 4) is 21.7 Å². The van der Waals surface area contributed by atoms with Gasteiger partial charge in [0.15, 0.2) is 0 Å². The van der Waals surface area contributed by atoms with Crippen molar-refractivity contribution in [2.75, 3.05) is 0 Å². The van der Waals surface area contributed by atoms with Crippen molar-refractivity contribution in [3.63, 3.8) is 0 Å². The molecule has 2 aromatic carbocycles. The van der Waals surface area contributed by atoms with Crippen molar-refractivity contribution in [2.24, 2.45) is 7.05 Å². The highest BCUT2D eigenvalue weighted by Crippen LogP contribution is 2.47. The smallest absolute Gasteiger partial charge is 0.268 e. The number of hydrogen-bond acceptors (Lipinski definition) is 4. The highest BCUT2D eigenvalue weighted by atomic mass is 32.1. The van der Waals surface area contributed by atoms with Crippen LogP contribution in [0.15, 0.2) is 47.4 Å². The van der Waals surface area contributed by atoms with Gasteiger partial charge in [-0.3, -0.25) is 9.48 Å². The lowest BCUT2D eigenvalue weighted by atomic mass is 9.96. The maximum absolute atomic E-state index is 14.1. The number of nitrogens with zero attached hydrogens (tertiary/aromatic N) is 4. The minimum atomic E-state index is -2.84. The number of rotatable bonds is 4. The van der Waals surface area contributed by atoms with Crippen LogP contribution in [0.5, 0.6) is 0 Å². The number of aromatic nitrogens is 4. The Kier molecular flexibility index (Phi) is 5.02. The number of fused-ring (bicyclic) bond motifs is 2. The molecule has 0 bridgehead atoms. The average molecular weight is 461 g/mol. The predicted octanol–water partition coefficient (Wildman–Crippen LogP) is 6.26. The molecule has 0 aliphatic heterocycles. The number of thiophene rings is 1. The predicted molar refractivity (Wildman–Crippen MR) is 126 cm³/mol. The Hall–Kier alpha value is -3.90. The van der Waals surface area contributed by atoms with Crippen LogP contribution in [0.4, 0.5) is 14.5 Å². The van der Waals surface area contributed by atoms with Crippen molar-refractivity contribution in [1.29, 1.82) is 0 Å². The summed E-state index contributed by atoms with van der Waals surface area (Å²) >= 11 is 1.46. The number of aryl methyl sites for hydroxylation is 2. The van der Waals surface area contributed by atoms with Gasteiger partial charge in [-0.2, -0.15) is 10.2 Å². The van der Waals surface area contributed by atoms with Gasteiger partial charge in [-0.05, 0) is 35.6 Å². The van der Waals surface area contributed by atoms with Crippen molar-refractivity contribution >= 4 is 37.9 Å². The zero-order chi connectivity index (χ0) is 23.3. The lowest BCUT2D eigenvalue weighted by Crippen LogP contribution is -2.13. The third-order valence-corrected chi connectivity index (χ3v) is 6.88. The molecule has 5 rings (SSSR count). The van der Waals surface area contributed by atoms with Crippen LogP contribution in [0.1, 0.15) is 24.6 Å². The summed E-state index contributed by atoms with van der Waals surface area (Å²) in [6.45, 7) is 9.61. The molecule has 0 aliphatic rings. The molecular formula is C24H17F2N5OS. The number of halogens is 2. The summed E-state index contributed by atoms with van der Waals surface area (Å²) in [7, 11) is 1.76. The van der Waals surface area contributed by atoms with Crippen LogP contribution in [0.3, 0.4) is 0 Å². The second-order valence-electron chi connectivity index (χ2n) is 7.56. The zero-order valence-electron chi connectivity index (χ0n) is 17.7. The molecule has 0 aliphatic carbocycles. The number of nitrogens with one attached hydrogen (secondary N) is 1. The van der Waals surface area contributed by atoms with Gasteiger partial charge in [-0.25, -0.2) is 18.7 Å². The van der Waals surface area contributed by atoms with Crippen LogP contribution in [0.25, 0.3) is 47.4 Å². The minimum absolute atomic E-state index is 0.0465. The number of alkyl halides is 2. The molecule has 3 heterocycles. The van der Waals surface area contributed by atoms with E-state index in [1.54, 1.807) is 24.0 Å². The third kappa shape index (κ3) is 3.22. The molecule has 33 heavy (non-hydrogen) atoms. The van der Waals surface area contributed by atoms with E-state index < -0.39 is 12.0 Å². The fourth-order valence-corrected chi connectivity index (χ4v) is 5.43. The first kappa shape index (κ1) is 21.0. The van der Waals surface area contributed by atoms with Crippen LogP contribution in [-0.2, 0) is 13.5 Å². The Balaban J connectivity index is 1.85. The largest absolute Gasteiger partial charge is 0.272 e. The number of H-pyrrole nitrogens is 1. The second kappa shape index (κ2) is 7.90. The van der Waals surface area contributed by atoms with Gasteiger partial charge in [0.25, 0.3) is 12.0 Å². The topological polar surface area (TPSA) is 67.9 Å². The third-order valence-electron chi connectivity index (χ3n) is 5.72. The molecule has 1 N–H and O–H groups in total. The van der Waals surface area contributed by atoms with Crippen molar-refractivity contribution < 1.29 is 8.78 Å². The van der Waals surface area contributed by atoms with E-state index in [-0.39, 0.29) is 10.9 Å². The van der Waals surface area contributed by atoms with Crippen LogP contribution in [0, 0.1) is 6.57 Å². The van der Waals surface area contributed by atoms with Gasteiger partial charge in [-0.15, -0.1) is 11.3 Å². The Labute approximate surface area is 190 Å². The second-order valence-corrected chi connectivity index (χ2v) is 8.61. The summed E-state index contributed by atoms with van der Waals surface area (Å²) < 4.78 is 30.7. The number of benzene rings is 2. The standard InChI is InChI=1S/C24H17F2N5OS/c1-4-17-14-9-12(10-15(23(25)26)19(14)24(32)30-29-17)16-11-28-31(3)21(16)22-20(27-2)13-7-5-6-8-18(13)33-22/h5-11,23H,4H2,1,3H3,(H,30,32). The summed E-state index contributed by atoms with van der Waals surface area (Å²) in [5.74, 6) is 0. The van der Waals surface area contributed by atoms with E-state index in [0.717, 1.165) is 15.0 Å². The maximum atomic E-state index is 14.1. The maximum Gasteiger partial charge on any atom is 0.272 e. The van der Waals surface area contributed by atoms with Crippen molar-refractivity contribution in [1.82, 2.24) is 20.0 Å². The quantitative estimate of drug-likeness (QED) is 0.321. The fraction of sp³-hybridized carbons (Fsp3) is 0.167. The van der Waals surface area contributed by atoms with Gasteiger partial charge in [0.2, 0.25) is 5.69 Å². The molecule has 0 atom stereocenters. The van der Waals surface area contributed by atoms with Crippen LogP contribution in [0.2, 0.25) is 0 Å². The summed E-state index contributed by atoms with van der Waals surface area (Å²) in [6, 6.07) is 10.7. The Bertz CT molecular complexity index is 1640. The Morgan fingerprint density at radius 2 is 2.03 bits per heavy atom. The average Bonchev–Trinajstić information content (AvgIpc) is 3.38. The number of aromatic amines is 1. The van der Waals surface area contributed by atoms with Gasteiger partial charge in [0, 0.05) is 28.3 Å². The van der Waals surface area contributed by atoms with E-state index in [9.17, 15) is 13.6 Å². The molecule has 0 saturated heterocycles. The summed E-state index contributed by atoms with van der Waals surface area (Å²) in [5, 5.41) is 12.0. The molecule has 0 amide bonds. The molecule has 0 unspecified atom stereocenters. The lowest BCUT2D eigenvalue weighted by Gasteiger charge is -2.12. The van der Waals surface area contributed by atoms with Crippen LogP contribution in [-0.4, -0.2) is 20.0 Å². The highest BCUT2D eigenvalue weighted by molar-refractivity contribution is 7.23. The molecule has 0 radical (unpaired) electrons. The lowest BCUT2D eigenvalue weighted by molar-refractivity contribution is 0.153. The van der Waals surface area contributed by atoms with E-state index in [2.05, 4.69) is 20.1 Å². The van der Waals surface area contributed by atoms with Gasteiger partial charge in [0.1, 0.15) is 0 Å². The number of hydrogen-bond donors (Lipinski definition) is 1. The van der Waals surface area contributed by atoms with Crippen molar-refractivity contribution in [2.45, 2.75) is 19.8 Å². The molecule has 0 saturated carbocycles. The molecule has 164 valence electrons. The van der Waals surface area contributed by atoms with E-state index in [0.29, 0.717) is 40.0 Å². The molecule has 0 spiro atoms. The van der Waals surface area contributed by atoms with Crippen LogP contribution >= 0.6 is 11.3 Å². The summed E-state index contributed by atoms with van der Waals surface area (Å²) in [5.41, 5.74) is 1.81. The first-order valence-corrected chi connectivity index (χ1v) is 11.0. The molecule has 5 aromatic rings. The van der Waals surface area contributed by atoms with E-state index in [4.69, 9.17) is 6.57 Å². The van der Waals surface area contributed by atoms with Gasteiger partial charge < -0.3 is 0 Å². The molecule has 0 fully saturated rings. The monoisotopic (exact) mass is 461 g/mol. The van der Waals surface area contributed by atoms with Gasteiger partial charge >= 0.3 is 0 Å². The van der Waals surface area contributed by atoms with Gasteiger partial charge in [0.05, 0.1) is 34.4 Å². The molecule has 3 aromatic heterocycles. The minimum Gasteiger partial charge on any atom is -0.268 e. The Morgan fingerprint density at radius 3 is 2.76 bits per heavy atom. The van der Waals surface area contributed by atoms with E-state index in [1.807, 2.05) is 31.2 Å². The summed E-state index contributed by atoms with van der Waals surface area (Å²) in [4.78, 5) is 16.9. The first-order valence-electron chi connectivity index (χ1n) is 10.2. The van der Waals surface area contributed by atoms with Gasteiger partial charge in [-0.1, -0.05) is 25.1 Å². The molecular weight excluding hydrogens is 444 g/mol.